The Morgan fingerprint density at radius 2 is 1.38 bits per heavy atom. The summed E-state index contributed by atoms with van der Waals surface area (Å²) in [5, 5.41) is 14.2. The van der Waals surface area contributed by atoms with E-state index in [1.807, 2.05) is 0 Å². The molecular weight excluding hydrogens is 477 g/mol. The molecule has 184 valence electrons. The maximum atomic E-state index is 9.57. The SMILES string of the molecule is Cc1cc(C)c2c(c1)c1cc(C)cc(C)c1n2B1c2ccccc2-n2c3nc(C#N)ncc3c3cccc1c32. The van der Waals surface area contributed by atoms with Crippen LogP contribution in [-0.2, 0) is 0 Å². The molecule has 4 aromatic carbocycles. The topological polar surface area (TPSA) is 59.4 Å². The number of nitrogens with zero attached hydrogens (tertiary/aromatic N) is 5. The Kier molecular flexibility index (Phi) is 4.30. The van der Waals surface area contributed by atoms with Gasteiger partial charge in [-0.15, -0.1) is 0 Å². The van der Waals surface area contributed by atoms with Gasteiger partial charge in [-0.05, 0) is 67.9 Å². The first-order valence-corrected chi connectivity index (χ1v) is 13.3. The van der Waals surface area contributed by atoms with E-state index in [0.29, 0.717) is 0 Å². The summed E-state index contributed by atoms with van der Waals surface area (Å²) in [7, 11) is 0. The summed E-state index contributed by atoms with van der Waals surface area (Å²) in [6.45, 7) is 8.80. The highest BCUT2D eigenvalue weighted by Crippen LogP contribution is 2.37. The van der Waals surface area contributed by atoms with Crippen molar-refractivity contribution in [2.75, 3.05) is 0 Å². The highest BCUT2D eigenvalue weighted by atomic mass is 15.1. The second kappa shape index (κ2) is 7.58. The molecule has 4 heterocycles. The van der Waals surface area contributed by atoms with Crippen LogP contribution in [0.1, 0.15) is 28.1 Å². The smallest absolute Gasteiger partial charge is 0.332 e. The largest absolute Gasteiger partial charge is 0.375 e. The summed E-state index contributed by atoms with van der Waals surface area (Å²) < 4.78 is 4.81. The first kappa shape index (κ1) is 22.1. The van der Waals surface area contributed by atoms with Gasteiger partial charge in [-0.1, -0.05) is 59.7 Å². The van der Waals surface area contributed by atoms with Crippen LogP contribution in [0.25, 0.3) is 49.4 Å². The van der Waals surface area contributed by atoms with Crippen LogP contribution in [0.3, 0.4) is 0 Å². The molecule has 0 fully saturated rings. The van der Waals surface area contributed by atoms with Gasteiger partial charge in [0.15, 0.2) is 0 Å². The van der Waals surface area contributed by atoms with Gasteiger partial charge < -0.3 is 4.48 Å². The van der Waals surface area contributed by atoms with Crippen LogP contribution in [0.2, 0.25) is 0 Å². The van der Waals surface area contributed by atoms with Crippen molar-refractivity contribution in [2.45, 2.75) is 27.7 Å². The highest BCUT2D eigenvalue weighted by molar-refractivity contribution is 6.88. The van der Waals surface area contributed by atoms with E-state index in [1.165, 1.54) is 55.0 Å². The van der Waals surface area contributed by atoms with E-state index in [0.717, 1.165) is 27.6 Å². The second-order valence-electron chi connectivity index (χ2n) is 10.9. The molecule has 7 aromatic rings. The number of hydrogen-bond donors (Lipinski definition) is 0. The lowest BCUT2D eigenvalue weighted by Crippen LogP contribution is -2.53. The maximum absolute atomic E-state index is 9.57. The lowest BCUT2D eigenvalue weighted by Gasteiger charge is -2.28. The summed E-state index contributed by atoms with van der Waals surface area (Å²) in [4.78, 5) is 9.02. The van der Waals surface area contributed by atoms with Gasteiger partial charge in [-0.2, -0.15) is 5.26 Å². The fourth-order valence-electron chi connectivity index (χ4n) is 7.08. The predicted molar refractivity (Wildman–Crippen MR) is 160 cm³/mol. The number of benzene rings is 4. The Morgan fingerprint density at radius 1 is 0.718 bits per heavy atom. The molecule has 39 heavy (non-hydrogen) atoms. The van der Waals surface area contributed by atoms with Crippen LogP contribution in [0, 0.1) is 39.0 Å². The van der Waals surface area contributed by atoms with Crippen molar-refractivity contribution in [3.05, 3.63) is 101 Å². The number of hydrogen-bond acceptors (Lipinski definition) is 3. The van der Waals surface area contributed by atoms with Crippen molar-refractivity contribution in [1.82, 2.24) is 19.0 Å². The van der Waals surface area contributed by atoms with E-state index in [4.69, 9.17) is 4.98 Å². The molecule has 3 aromatic heterocycles. The van der Waals surface area contributed by atoms with Crippen LogP contribution >= 0.6 is 0 Å². The standard InChI is InChI=1S/C33H24BN5/c1-18-12-20(3)30-23(14-18)24-15-19(2)13-21(4)31(24)39(30)34-26-9-5-6-11-28(26)38-32-22(8-7-10-27(32)34)25-17-36-29(16-35)37-33(25)38/h5-15,17H,1-4H3. The Bertz CT molecular complexity index is 2180. The summed E-state index contributed by atoms with van der Waals surface area (Å²) >= 11 is 0. The van der Waals surface area contributed by atoms with E-state index < -0.39 is 0 Å². The molecule has 0 saturated heterocycles. The van der Waals surface area contributed by atoms with Gasteiger partial charge in [-0.25, -0.2) is 9.97 Å². The fourth-order valence-corrected chi connectivity index (χ4v) is 7.08. The van der Waals surface area contributed by atoms with Gasteiger partial charge in [0.1, 0.15) is 11.7 Å². The molecule has 0 saturated carbocycles. The first-order chi connectivity index (χ1) is 19.0. The molecule has 1 aliphatic heterocycles. The monoisotopic (exact) mass is 501 g/mol. The molecule has 8 rings (SSSR count). The lowest BCUT2D eigenvalue weighted by molar-refractivity contribution is 1.08. The van der Waals surface area contributed by atoms with Crippen molar-refractivity contribution in [3.8, 4) is 11.8 Å². The molecule has 0 bridgehead atoms. The molecule has 0 aliphatic carbocycles. The summed E-state index contributed by atoms with van der Waals surface area (Å²) in [6.07, 6.45) is 1.80. The maximum Gasteiger partial charge on any atom is 0.332 e. The molecule has 0 atom stereocenters. The third-order valence-corrected chi connectivity index (χ3v) is 8.35. The van der Waals surface area contributed by atoms with E-state index in [1.54, 1.807) is 6.20 Å². The van der Waals surface area contributed by atoms with E-state index in [9.17, 15) is 5.26 Å². The normalized spacial score (nSPS) is 12.5. The third kappa shape index (κ3) is 2.79. The molecular formula is C33H24BN5. The Hall–Kier alpha value is -4.89. The van der Waals surface area contributed by atoms with Gasteiger partial charge >= 0.3 is 6.85 Å². The van der Waals surface area contributed by atoms with Crippen LogP contribution < -0.4 is 10.9 Å². The molecule has 1 aliphatic rings. The minimum Gasteiger partial charge on any atom is -0.375 e. The lowest BCUT2D eigenvalue weighted by atomic mass is 9.48. The number of rotatable bonds is 1. The number of aromatic nitrogens is 4. The van der Waals surface area contributed by atoms with Gasteiger partial charge in [0, 0.05) is 44.5 Å². The van der Waals surface area contributed by atoms with E-state index in [2.05, 4.69) is 115 Å². The van der Waals surface area contributed by atoms with Crippen molar-refractivity contribution < 1.29 is 0 Å². The summed E-state index contributed by atoms with van der Waals surface area (Å²) in [6, 6.07) is 26.6. The van der Waals surface area contributed by atoms with Gasteiger partial charge in [0.25, 0.3) is 0 Å². The molecule has 6 heteroatoms. The average Bonchev–Trinajstić information content (AvgIpc) is 3.43. The summed E-state index contributed by atoms with van der Waals surface area (Å²) in [5.41, 5.74) is 13.1. The quantitative estimate of drug-likeness (QED) is 0.269. The molecule has 0 radical (unpaired) electrons. The molecule has 0 unspecified atom stereocenters. The van der Waals surface area contributed by atoms with E-state index >= 15 is 0 Å². The Morgan fingerprint density at radius 3 is 2.08 bits per heavy atom. The van der Waals surface area contributed by atoms with Gasteiger partial charge in [0.2, 0.25) is 5.82 Å². The first-order valence-electron chi connectivity index (χ1n) is 13.3. The zero-order chi connectivity index (χ0) is 26.6. The fraction of sp³-hybridized carbons (Fsp3) is 0.121. The van der Waals surface area contributed by atoms with Crippen molar-refractivity contribution in [1.29, 1.82) is 5.26 Å². The van der Waals surface area contributed by atoms with Crippen LogP contribution in [0.4, 0.5) is 0 Å². The van der Waals surface area contributed by atoms with Crippen molar-refractivity contribution >= 4 is 61.5 Å². The Balaban J connectivity index is 1.61. The van der Waals surface area contributed by atoms with Gasteiger partial charge in [-0.3, -0.25) is 4.57 Å². The summed E-state index contributed by atoms with van der Waals surface area (Å²) in [5.74, 6) is 0.182. The van der Waals surface area contributed by atoms with Crippen LogP contribution in [0.5, 0.6) is 0 Å². The minimum atomic E-state index is -0.0343. The highest BCUT2D eigenvalue weighted by Gasteiger charge is 2.37. The number of nitriles is 1. The molecule has 0 amide bonds. The molecule has 0 N–H and O–H groups in total. The average molecular weight is 501 g/mol. The molecule has 5 nitrogen and oxygen atoms in total. The second-order valence-corrected chi connectivity index (χ2v) is 10.9. The van der Waals surface area contributed by atoms with Crippen LogP contribution in [-0.4, -0.2) is 25.9 Å². The zero-order valence-electron chi connectivity index (χ0n) is 22.2. The van der Waals surface area contributed by atoms with Crippen LogP contribution in [0.15, 0.2) is 72.9 Å². The zero-order valence-corrected chi connectivity index (χ0v) is 22.2. The minimum absolute atomic E-state index is 0.0343. The number of aryl methyl sites for hydroxylation is 4. The Labute approximate surface area is 226 Å². The van der Waals surface area contributed by atoms with E-state index in [-0.39, 0.29) is 12.7 Å². The molecule has 0 spiro atoms. The third-order valence-electron chi connectivity index (χ3n) is 8.35. The number of fused-ring (bicyclic) bond motifs is 8. The number of para-hydroxylation sites is 2. The van der Waals surface area contributed by atoms with Crippen molar-refractivity contribution in [3.63, 3.8) is 0 Å². The van der Waals surface area contributed by atoms with Gasteiger partial charge in [0.05, 0.1) is 5.52 Å². The van der Waals surface area contributed by atoms with Crippen molar-refractivity contribution in [2.24, 2.45) is 0 Å². The predicted octanol–water partition coefficient (Wildman–Crippen LogP) is 5.75.